The smallest absolute Gasteiger partial charge is 0.319 e. The van der Waals surface area contributed by atoms with E-state index in [4.69, 9.17) is 4.74 Å². The van der Waals surface area contributed by atoms with Crippen molar-refractivity contribution in [3.63, 3.8) is 0 Å². The average Bonchev–Trinajstić information content (AvgIpc) is 3.20. The molecule has 1 aliphatic rings. The first kappa shape index (κ1) is 17.8. The first-order valence-electron chi connectivity index (χ1n) is 8.79. The molecule has 2 amide bonds. The largest absolute Gasteiger partial charge is 0.379 e. The van der Waals surface area contributed by atoms with Crippen molar-refractivity contribution in [1.29, 1.82) is 0 Å². The second kappa shape index (κ2) is 8.38. The molecule has 0 spiro atoms. The van der Waals surface area contributed by atoms with Crippen LogP contribution in [0.25, 0.3) is 11.0 Å². The van der Waals surface area contributed by atoms with Crippen LogP contribution in [-0.4, -0.2) is 57.5 Å². The van der Waals surface area contributed by atoms with Gasteiger partial charge in [0.15, 0.2) is 0 Å². The fraction of sp³-hybridized carbons (Fsp3) is 0.333. The van der Waals surface area contributed by atoms with Crippen molar-refractivity contribution in [2.45, 2.75) is 6.04 Å². The van der Waals surface area contributed by atoms with Gasteiger partial charge in [0.1, 0.15) is 11.0 Å². The standard InChI is InChI=1S/C18H20N6O2S/c25-18(21-14-2-1-3-15-17(14)23-27-22-15)20-12-16(13-4-6-19-7-5-13)24-8-10-26-11-9-24/h1-7,16H,8-12H2,(H2,20,21,25)/t16-/m1/s1. The number of anilines is 1. The number of urea groups is 1. The maximum absolute atomic E-state index is 12.5. The molecule has 1 fully saturated rings. The van der Waals surface area contributed by atoms with E-state index in [1.807, 2.05) is 30.3 Å². The van der Waals surface area contributed by atoms with Crippen LogP contribution in [-0.2, 0) is 4.74 Å². The first-order chi connectivity index (χ1) is 13.3. The Kier molecular flexibility index (Phi) is 5.52. The van der Waals surface area contributed by atoms with E-state index in [0.29, 0.717) is 31.0 Å². The lowest BCUT2D eigenvalue weighted by Crippen LogP contribution is -2.44. The van der Waals surface area contributed by atoms with E-state index in [1.165, 1.54) is 0 Å². The number of carbonyl (C=O) groups is 1. The van der Waals surface area contributed by atoms with Gasteiger partial charge in [0.25, 0.3) is 0 Å². The molecule has 1 aromatic carbocycles. The zero-order chi connectivity index (χ0) is 18.5. The SMILES string of the molecule is O=C(NC[C@H](c1ccncc1)N1CCOCC1)Nc1cccc2nsnc12. The number of fused-ring (bicyclic) bond motifs is 1. The molecule has 3 aromatic rings. The van der Waals surface area contributed by atoms with Crippen molar-refractivity contribution in [1.82, 2.24) is 23.9 Å². The van der Waals surface area contributed by atoms with Crippen LogP contribution in [0.3, 0.4) is 0 Å². The Morgan fingerprint density at radius 2 is 2.00 bits per heavy atom. The number of rotatable bonds is 5. The Bertz CT molecular complexity index is 897. The van der Waals surface area contributed by atoms with Crippen molar-refractivity contribution < 1.29 is 9.53 Å². The van der Waals surface area contributed by atoms with Gasteiger partial charge in [0, 0.05) is 32.0 Å². The Morgan fingerprint density at radius 1 is 1.19 bits per heavy atom. The highest BCUT2D eigenvalue weighted by Crippen LogP contribution is 2.22. The third-order valence-corrected chi connectivity index (χ3v) is 5.11. The van der Waals surface area contributed by atoms with Crippen molar-refractivity contribution in [3.8, 4) is 0 Å². The summed E-state index contributed by atoms with van der Waals surface area (Å²) in [6.45, 7) is 3.56. The van der Waals surface area contributed by atoms with Crippen LogP contribution in [0, 0.1) is 0 Å². The zero-order valence-electron chi connectivity index (χ0n) is 14.7. The zero-order valence-corrected chi connectivity index (χ0v) is 15.5. The molecule has 0 unspecified atom stereocenters. The predicted octanol–water partition coefficient (Wildman–Crippen LogP) is 2.28. The van der Waals surface area contributed by atoms with E-state index in [0.717, 1.165) is 35.9 Å². The number of benzene rings is 1. The number of pyridine rings is 1. The van der Waals surface area contributed by atoms with Crippen molar-refractivity contribution in [2.24, 2.45) is 0 Å². The molecule has 0 saturated carbocycles. The van der Waals surface area contributed by atoms with Crippen molar-refractivity contribution in [2.75, 3.05) is 38.2 Å². The normalized spacial score (nSPS) is 16.1. The predicted molar refractivity (Wildman–Crippen MR) is 104 cm³/mol. The third kappa shape index (κ3) is 4.21. The van der Waals surface area contributed by atoms with Gasteiger partial charge in [-0.3, -0.25) is 9.88 Å². The molecule has 0 bridgehead atoms. The lowest BCUT2D eigenvalue weighted by molar-refractivity contribution is 0.0167. The highest BCUT2D eigenvalue weighted by Gasteiger charge is 2.23. The molecule has 0 aliphatic carbocycles. The van der Waals surface area contributed by atoms with E-state index < -0.39 is 0 Å². The van der Waals surface area contributed by atoms with E-state index >= 15 is 0 Å². The van der Waals surface area contributed by atoms with Crippen molar-refractivity contribution in [3.05, 3.63) is 48.3 Å². The molecule has 9 heteroatoms. The van der Waals surface area contributed by atoms with Crippen LogP contribution in [0.15, 0.2) is 42.7 Å². The Hall–Kier alpha value is -2.62. The Morgan fingerprint density at radius 3 is 2.81 bits per heavy atom. The maximum atomic E-state index is 12.5. The summed E-state index contributed by atoms with van der Waals surface area (Å²) in [6, 6.07) is 9.34. The summed E-state index contributed by atoms with van der Waals surface area (Å²) in [5, 5.41) is 5.87. The van der Waals surface area contributed by atoms with Gasteiger partial charge >= 0.3 is 6.03 Å². The number of hydrogen-bond acceptors (Lipinski definition) is 7. The monoisotopic (exact) mass is 384 g/mol. The summed E-state index contributed by atoms with van der Waals surface area (Å²) in [4.78, 5) is 18.9. The number of hydrogen-bond donors (Lipinski definition) is 2. The van der Waals surface area contributed by atoms with Crippen LogP contribution in [0.1, 0.15) is 11.6 Å². The minimum absolute atomic E-state index is 0.0689. The summed E-state index contributed by atoms with van der Waals surface area (Å²) in [7, 11) is 0. The molecule has 3 heterocycles. The molecule has 140 valence electrons. The number of amides is 2. The molecule has 27 heavy (non-hydrogen) atoms. The van der Waals surface area contributed by atoms with Gasteiger partial charge in [-0.1, -0.05) is 6.07 Å². The molecule has 2 aromatic heterocycles. The van der Waals surface area contributed by atoms with Gasteiger partial charge in [0.05, 0.1) is 36.7 Å². The molecule has 2 N–H and O–H groups in total. The Labute approximate surface area is 160 Å². The van der Waals surface area contributed by atoms with E-state index in [1.54, 1.807) is 12.4 Å². The van der Waals surface area contributed by atoms with Crippen LogP contribution < -0.4 is 10.6 Å². The van der Waals surface area contributed by atoms with Crippen LogP contribution in [0.2, 0.25) is 0 Å². The highest BCUT2D eigenvalue weighted by atomic mass is 32.1. The van der Waals surface area contributed by atoms with Crippen LogP contribution in [0.4, 0.5) is 10.5 Å². The lowest BCUT2D eigenvalue weighted by atomic mass is 10.1. The summed E-state index contributed by atoms with van der Waals surface area (Å²) in [6.07, 6.45) is 3.55. The molecule has 0 radical (unpaired) electrons. The maximum Gasteiger partial charge on any atom is 0.319 e. The van der Waals surface area contributed by atoms with E-state index in [9.17, 15) is 4.79 Å². The molecule has 1 atom stereocenters. The number of aromatic nitrogens is 3. The number of nitrogens with zero attached hydrogens (tertiary/aromatic N) is 4. The van der Waals surface area contributed by atoms with Gasteiger partial charge in [-0.25, -0.2) is 4.79 Å². The van der Waals surface area contributed by atoms with Crippen LogP contribution >= 0.6 is 11.7 Å². The van der Waals surface area contributed by atoms with Crippen molar-refractivity contribution >= 4 is 34.5 Å². The fourth-order valence-electron chi connectivity index (χ4n) is 3.20. The minimum Gasteiger partial charge on any atom is -0.379 e. The van der Waals surface area contributed by atoms with Gasteiger partial charge in [-0.2, -0.15) is 8.75 Å². The molecule has 8 nitrogen and oxygen atoms in total. The molecule has 1 aliphatic heterocycles. The fourth-order valence-corrected chi connectivity index (χ4v) is 3.75. The molecule has 1 saturated heterocycles. The highest BCUT2D eigenvalue weighted by molar-refractivity contribution is 7.00. The lowest BCUT2D eigenvalue weighted by Gasteiger charge is -2.34. The minimum atomic E-state index is -0.261. The summed E-state index contributed by atoms with van der Waals surface area (Å²) < 4.78 is 13.9. The second-order valence-corrected chi connectivity index (χ2v) is 6.75. The summed E-state index contributed by atoms with van der Waals surface area (Å²) in [5.41, 5.74) is 3.26. The van der Waals surface area contributed by atoms with Gasteiger partial charge in [0.2, 0.25) is 0 Å². The quantitative estimate of drug-likeness (QED) is 0.701. The number of carbonyl (C=O) groups excluding carboxylic acids is 1. The average molecular weight is 384 g/mol. The van der Waals surface area contributed by atoms with Gasteiger partial charge in [-0.15, -0.1) is 0 Å². The van der Waals surface area contributed by atoms with Gasteiger partial charge < -0.3 is 15.4 Å². The number of morpholine rings is 1. The molecular weight excluding hydrogens is 364 g/mol. The summed E-state index contributed by atoms with van der Waals surface area (Å²) in [5.74, 6) is 0. The first-order valence-corrected chi connectivity index (χ1v) is 9.52. The third-order valence-electron chi connectivity index (χ3n) is 4.57. The number of ether oxygens (including phenoxy) is 1. The molecular formula is C18H20N6O2S. The van der Waals surface area contributed by atoms with E-state index in [2.05, 4.69) is 29.3 Å². The van der Waals surface area contributed by atoms with Crippen LogP contribution in [0.5, 0.6) is 0 Å². The summed E-state index contributed by atoms with van der Waals surface area (Å²) >= 11 is 1.13. The van der Waals surface area contributed by atoms with Gasteiger partial charge in [-0.05, 0) is 29.8 Å². The Balaban J connectivity index is 1.44. The van der Waals surface area contributed by atoms with E-state index in [-0.39, 0.29) is 12.1 Å². The molecule has 4 rings (SSSR count). The number of nitrogens with one attached hydrogen (secondary N) is 2. The second-order valence-electron chi connectivity index (χ2n) is 6.22. The topological polar surface area (TPSA) is 92.3 Å².